The maximum Gasteiger partial charge on any atom is 0.276 e. The predicted molar refractivity (Wildman–Crippen MR) is 180 cm³/mol. The van der Waals surface area contributed by atoms with Crippen LogP contribution < -0.4 is 16.0 Å². The number of carbonyl (C=O) groups is 3. The molecule has 0 fully saturated rings. The van der Waals surface area contributed by atoms with Gasteiger partial charge in [0.1, 0.15) is 16.8 Å². The van der Waals surface area contributed by atoms with Crippen molar-refractivity contribution in [3.8, 4) is 0 Å². The fourth-order valence-corrected chi connectivity index (χ4v) is 5.60. The Morgan fingerprint density at radius 3 is 2.15 bits per heavy atom. The van der Waals surface area contributed by atoms with Gasteiger partial charge in [-0.15, -0.1) is 11.8 Å². The molecule has 1 atom stereocenters. The number of halogens is 1. The van der Waals surface area contributed by atoms with E-state index in [4.69, 9.17) is 0 Å². The Bertz CT molecular complexity index is 1950. The van der Waals surface area contributed by atoms with Gasteiger partial charge >= 0.3 is 0 Å². The maximum atomic E-state index is 14.3. The summed E-state index contributed by atoms with van der Waals surface area (Å²) >= 11 is 1.20. The monoisotopic (exact) mass is 646 g/mol. The number of carbonyl (C=O) groups excluding carboxylic acids is 3. The van der Waals surface area contributed by atoms with E-state index in [1.807, 2.05) is 6.07 Å². The van der Waals surface area contributed by atoms with Crippen molar-refractivity contribution >= 4 is 52.6 Å². The summed E-state index contributed by atoms with van der Waals surface area (Å²) in [4.78, 5) is 51.7. The molecule has 0 radical (unpaired) electrons. The Balaban J connectivity index is 1.41. The second kappa shape index (κ2) is 15.3. The molecule has 0 bridgehead atoms. The summed E-state index contributed by atoms with van der Waals surface area (Å²) in [5, 5.41) is 18.8. The highest BCUT2D eigenvalue weighted by molar-refractivity contribution is 8.00. The van der Waals surface area contributed by atoms with Crippen molar-refractivity contribution in [2.75, 3.05) is 10.6 Å². The van der Waals surface area contributed by atoms with E-state index in [1.165, 1.54) is 54.2 Å². The molecule has 11 heteroatoms. The molecular formula is C36H27FN4O5S. The molecule has 0 heterocycles. The van der Waals surface area contributed by atoms with Gasteiger partial charge in [0.15, 0.2) is 0 Å². The number of thioether (sulfide) groups is 1. The molecule has 0 saturated heterocycles. The average Bonchev–Trinajstić information content (AvgIpc) is 3.09. The predicted octanol–water partition coefficient (Wildman–Crippen LogP) is 7.62. The third-order valence-electron chi connectivity index (χ3n) is 6.78. The number of rotatable bonds is 11. The molecule has 47 heavy (non-hydrogen) atoms. The van der Waals surface area contributed by atoms with Gasteiger partial charge in [0.2, 0.25) is 5.91 Å². The summed E-state index contributed by atoms with van der Waals surface area (Å²) < 4.78 is 14.3. The first-order valence-corrected chi connectivity index (χ1v) is 15.2. The molecule has 0 aliphatic heterocycles. The van der Waals surface area contributed by atoms with Gasteiger partial charge in [0.25, 0.3) is 17.5 Å². The third kappa shape index (κ3) is 8.56. The van der Waals surface area contributed by atoms with Crippen LogP contribution in [0.5, 0.6) is 0 Å². The molecule has 5 aromatic rings. The lowest BCUT2D eigenvalue weighted by Crippen LogP contribution is -2.30. The number of nitro benzene ring substituents is 1. The van der Waals surface area contributed by atoms with E-state index in [2.05, 4.69) is 16.0 Å². The Labute approximate surface area is 273 Å². The van der Waals surface area contributed by atoms with Crippen molar-refractivity contribution in [1.29, 1.82) is 0 Å². The van der Waals surface area contributed by atoms with Crippen LogP contribution in [0.15, 0.2) is 144 Å². The molecule has 3 amide bonds. The fraction of sp³-hybridized carbons (Fsp3) is 0.0278. The number of hydrogen-bond acceptors (Lipinski definition) is 6. The summed E-state index contributed by atoms with van der Waals surface area (Å²) in [6.07, 6.45) is 1.24. The van der Waals surface area contributed by atoms with Gasteiger partial charge in [0.05, 0.1) is 16.2 Å². The third-order valence-corrected chi connectivity index (χ3v) is 8.03. The molecule has 0 spiro atoms. The van der Waals surface area contributed by atoms with Crippen LogP contribution in [0.4, 0.5) is 21.5 Å². The zero-order valence-corrected chi connectivity index (χ0v) is 25.4. The van der Waals surface area contributed by atoms with Crippen LogP contribution >= 0.6 is 11.8 Å². The van der Waals surface area contributed by atoms with Gasteiger partial charge in [-0.05, 0) is 60.2 Å². The first kappa shape index (κ1) is 32.3. The second-order valence-electron chi connectivity index (χ2n) is 10.1. The average molecular weight is 647 g/mol. The number of para-hydroxylation sites is 2. The van der Waals surface area contributed by atoms with E-state index in [1.54, 1.807) is 91.0 Å². The Kier molecular flexibility index (Phi) is 10.5. The molecule has 5 aromatic carbocycles. The molecule has 234 valence electrons. The fourth-order valence-electron chi connectivity index (χ4n) is 4.52. The van der Waals surface area contributed by atoms with E-state index in [0.29, 0.717) is 16.1 Å². The maximum absolute atomic E-state index is 14.3. The number of nitro groups is 1. The largest absolute Gasteiger partial charge is 0.322 e. The number of amides is 3. The van der Waals surface area contributed by atoms with Gasteiger partial charge in [0, 0.05) is 22.2 Å². The summed E-state index contributed by atoms with van der Waals surface area (Å²) in [5.41, 5.74) is 1.00. The van der Waals surface area contributed by atoms with Crippen molar-refractivity contribution in [3.05, 3.63) is 172 Å². The van der Waals surface area contributed by atoms with Crippen LogP contribution in [0.3, 0.4) is 0 Å². The minimum Gasteiger partial charge on any atom is -0.322 e. The minimum absolute atomic E-state index is 0.0514. The Morgan fingerprint density at radius 2 is 1.43 bits per heavy atom. The minimum atomic E-state index is -0.777. The SMILES string of the molecule is O=C(Nc1cccc(SC(C(=O)Nc2ccccc2F)c2ccccc2)c1)/C(=C\c1ccccc1[N+](=O)[O-])NC(=O)c1ccccc1. The lowest BCUT2D eigenvalue weighted by atomic mass is 10.1. The normalized spacial score (nSPS) is 11.6. The van der Waals surface area contributed by atoms with Crippen LogP contribution in [0.25, 0.3) is 6.08 Å². The Hall–Kier alpha value is -6.07. The van der Waals surface area contributed by atoms with E-state index in [0.717, 1.165) is 0 Å². The standard InChI is InChI=1S/C36H27FN4O5S/c37-29-19-8-9-20-30(29)39-36(44)33(24-12-3-1-4-13-24)47-28-18-11-17-27(23-28)38-35(43)31(40-34(42)25-14-5-2-6-15-25)22-26-16-7-10-21-32(26)41(45)46/h1-23,33H,(H,38,43)(H,39,44)(H,40,42)/b31-22+. The van der Waals surface area contributed by atoms with E-state index >= 15 is 0 Å². The molecule has 3 N–H and O–H groups in total. The van der Waals surface area contributed by atoms with Crippen LogP contribution in [0.2, 0.25) is 0 Å². The quantitative estimate of drug-likeness (QED) is 0.0586. The van der Waals surface area contributed by atoms with Gasteiger partial charge < -0.3 is 16.0 Å². The molecule has 0 saturated carbocycles. The first-order valence-electron chi connectivity index (χ1n) is 14.3. The first-order chi connectivity index (χ1) is 22.8. The molecular weight excluding hydrogens is 619 g/mol. The van der Waals surface area contributed by atoms with Crippen LogP contribution in [0, 0.1) is 15.9 Å². The molecule has 0 aliphatic carbocycles. The highest BCUT2D eigenvalue weighted by atomic mass is 32.2. The lowest BCUT2D eigenvalue weighted by Gasteiger charge is -2.18. The Morgan fingerprint density at radius 1 is 0.766 bits per heavy atom. The van der Waals surface area contributed by atoms with Gasteiger partial charge in [-0.3, -0.25) is 24.5 Å². The number of benzene rings is 5. The van der Waals surface area contributed by atoms with Crippen molar-refractivity contribution in [2.24, 2.45) is 0 Å². The smallest absolute Gasteiger partial charge is 0.276 e. The number of nitrogens with zero attached hydrogens (tertiary/aromatic N) is 1. The van der Waals surface area contributed by atoms with Crippen LogP contribution in [-0.2, 0) is 9.59 Å². The summed E-state index contributed by atoms with van der Waals surface area (Å²) in [6.45, 7) is 0. The molecule has 9 nitrogen and oxygen atoms in total. The van der Waals surface area contributed by atoms with Crippen molar-refractivity contribution in [3.63, 3.8) is 0 Å². The zero-order chi connectivity index (χ0) is 33.2. The summed E-state index contributed by atoms with van der Waals surface area (Å²) in [5.74, 6) is -2.32. The summed E-state index contributed by atoms with van der Waals surface area (Å²) in [7, 11) is 0. The lowest BCUT2D eigenvalue weighted by molar-refractivity contribution is -0.385. The van der Waals surface area contributed by atoms with Crippen molar-refractivity contribution < 1.29 is 23.7 Å². The van der Waals surface area contributed by atoms with E-state index in [9.17, 15) is 28.9 Å². The highest BCUT2D eigenvalue weighted by Gasteiger charge is 2.24. The van der Waals surface area contributed by atoms with Gasteiger partial charge in [-0.25, -0.2) is 4.39 Å². The molecule has 5 rings (SSSR count). The topological polar surface area (TPSA) is 130 Å². The number of nitrogens with one attached hydrogen (secondary N) is 3. The second-order valence-corrected chi connectivity index (χ2v) is 11.2. The van der Waals surface area contributed by atoms with Crippen LogP contribution in [0.1, 0.15) is 26.7 Å². The summed E-state index contributed by atoms with van der Waals surface area (Å²) in [6, 6.07) is 35.7. The van der Waals surface area contributed by atoms with Crippen molar-refractivity contribution in [2.45, 2.75) is 10.1 Å². The zero-order valence-electron chi connectivity index (χ0n) is 24.6. The van der Waals surface area contributed by atoms with Crippen LogP contribution in [-0.4, -0.2) is 22.6 Å². The molecule has 0 aliphatic rings. The van der Waals surface area contributed by atoms with E-state index < -0.39 is 33.7 Å². The number of hydrogen-bond donors (Lipinski definition) is 3. The molecule has 0 aromatic heterocycles. The van der Waals surface area contributed by atoms with Gasteiger partial charge in [-0.1, -0.05) is 78.9 Å². The highest BCUT2D eigenvalue weighted by Crippen LogP contribution is 2.37. The van der Waals surface area contributed by atoms with Crippen molar-refractivity contribution in [1.82, 2.24) is 5.32 Å². The van der Waals surface area contributed by atoms with Gasteiger partial charge in [-0.2, -0.15) is 0 Å². The molecule has 1 unspecified atom stereocenters. The van der Waals surface area contributed by atoms with E-state index in [-0.39, 0.29) is 28.2 Å². The number of anilines is 2.